The van der Waals surface area contributed by atoms with Crippen LogP contribution in [0.1, 0.15) is 5.82 Å². The third-order valence-electron chi connectivity index (χ3n) is 3.75. The van der Waals surface area contributed by atoms with E-state index in [0.29, 0.717) is 33.7 Å². The van der Waals surface area contributed by atoms with Crippen molar-refractivity contribution in [2.75, 3.05) is 12.4 Å². The number of furan rings is 1. The molecule has 2 aromatic carbocycles. The van der Waals surface area contributed by atoms with Gasteiger partial charge in [-0.3, -0.25) is 0 Å². The molecular formula is C18H14Cl2N3O2-. The van der Waals surface area contributed by atoms with Crippen LogP contribution in [0.4, 0.5) is 11.5 Å². The maximum Gasteiger partial charge on any atom is 0.196 e. The maximum absolute atomic E-state index is 6.10. The molecule has 0 amide bonds. The van der Waals surface area contributed by atoms with Gasteiger partial charge >= 0.3 is 0 Å². The van der Waals surface area contributed by atoms with E-state index in [1.807, 2.05) is 31.2 Å². The van der Waals surface area contributed by atoms with Crippen molar-refractivity contribution in [2.45, 2.75) is 6.92 Å². The van der Waals surface area contributed by atoms with E-state index in [9.17, 15) is 0 Å². The summed E-state index contributed by atoms with van der Waals surface area (Å²) in [6, 6.07) is 13.1. The standard InChI is InChI=1S/C18H14ClN3O2.ClH/c1-10-20-16-12-5-3-4-6-14(12)24-17(16)18(21-10)22-13-9-11(19)7-8-15(13)23-2;/h3-9H,1-2H3,(H,20,21,22);1H/p-1. The number of para-hydroxylation sites is 1. The van der Waals surface area contributed by atoms with E-state index in [1.165, 1.54) is 0 Å². The van der Waals surface area contributed by atoms with Gasteiger partial charge in [-0.15, -0.1) is 0 Å². The molecular weight excluding hydrogens is 361 g/mol. The van der Waals surface area contributed by atoms with Gasteiger partial charge in [-0.05, 0) is 37.3 Å². The Bertz CT molecular complexity index is 1060. The Morgan fingerprint density at radius 2 is 1.92 bits per heavy atom. The first-order valence-electron chi connectivity index (χ1n) is 7.42. The summed E-state index contributed by atoms with van der Waals surface area (Å²) in [5, 5.41) is 4.81. The lowest BCUT2D eigenvalue weighted by Gasteiger charge is -2.11. The number of rotatable bonds is 3. The van der Waals surface area contributed by atoms with Crippen LogP contribution in [0.5, 0.6) is 5.75 Å². The zero-order chi connectivity index (χ0) is 16.7. The largest absolute Gasteiger partial charge is 1.00 e. The van der Waals surface area contributed by atoms with Crippen molar-refractivity contribution >= 4 is 45.2 Å². The van der Waals surface area contributed by atoms with Gasteiger partial charge in [-0.1, -0.05) is 23.7 Å². The molecule has 5 nitrogen and oxygen atoms in total. The first-order chi connectivity index (χ1) is 11.7. The molecule has 0 aliphatic carbocycles. The summed E-state index contributed by atoms with van der Waals surface area (Å²) in [6.45, 7) is 1.85. The quantitative estimate of drug-likeness (QED) is 0.594. The van der Waals surface area contributed by atoms with Gasteiger partial charge in [0.25, 0.3) is 0 Å². The molecule has 0 aliphatic rings. The van der Waals surface area contributed by atoms with Gasteiger partial charge in [0.15, 0.2) is 11.4 Å². The van der Waals surface area contributed by atoms with Gasteiger partial charge in [0.05, 0.1) is 12.8 Å². The summed E-state index contributed by atoms with van der Waals surface area (Å²) >= 11 is 6.10. The van der Waals surface area contributed by atoms with E-state index in [2.05, 4.69) is 15.3 Å². The Balaban J connectivity index is 0.00000182. The topological polar surface area (TPSA) is 60.2 Å². The van der Waals surface area contributed by atoms with E-state index < -0.39 is 0 Å². The van der Waals surface area contributed by atoms with E-state index in [4.69, 9.17) is 20.8 Å². The maximum atomic E-state index is 6.10. The smallest absolute Gasteiger partial charge is 0.196 e. The molecule has 1 N–H and O–H groups in total. The predicted molar refractivity (Wildman–Crippen MR) is 95.3 cm³/mol. The van der Waals surface area contributed by atoms with Crippen molar-refractivity contribution in [2.24, 2.45) is 0 Å². The Morgan fingerprint density at radius 3 is 2.72 bits per heavy atom. The highest BCUT2D eigenvalue weighted by Gasteiger charge is 2.16. The molecule has 128 valence electrons. The van der Waals surface area contributed by atoms with Crippen molar-refractivity contribution < 1.29 is 21.6 Å². The van der Waals surface area contributed by atoms with Gasteiger partial charge in [0.1, 0.15) is 22.7 Å². The SMILES string of the molecule is COc1ccc(Cl)cc1Nc1nc(C)nc2c1oc1ccccc12.[Cl-]. The van der Waals surface area contributed by atoms with Gasteiger partial charge in [-0.2, -0.15) is 0 Å². The van der Waals surface area contributed by atoms with E-state index >= 15 is 0 Å². The van der Waals surface area contributed by atoms with Crippen LogP contribution in [0, 0.1) is 6.92 Å². The number of hydrogen-bond acceptors (Lipinski definition) is 5. The molecule has 0 fully saturated rings. The number of halogens is 2. The van der Waals surface area contributed by atoms with Crippen molar-refractivity contribution in [3.8, 4) is 5.75 Å². The molecule has 0 saturated heterocycles. The number of anilines is 2. The number of fused-ring (bicyclic) bond motifs is 3. The Labute approximate surface area is 155 Å². The highest BCUT2D eigenvalue weighted by atomic mass is 35.5. The van der Waals surface area contributed by atoms with Crippen molar-refractivity contribution in [1.82, 2.24) is 9.97 Å². The normalized spacial score (nSPS) is 10.7. The van der Waals surface area contributed by atoms with Crippen LogP contribution in [-0.4, -0.2) is 17.1 Å². The van der Waals surface area contributed by atoms with Crippen LogP contribution >= 0.6 is 11.6 Å². The predicted octanol–water partition coefficient (Wildman–Crippen LogP) is 2.09. The second kappa shape index (κ2) is 6.78. The van der Waals surface area contributed by atoms with Crippen LogP contribution in [0.3, 0.4) is 0 Å². The molecule has 25 heavy (non-hydrogen) atoms. The van der Waals surface area contributed by atoms with Crippen LogP contribution in [0.2, 0.25) is 5.02 Å². The summed E-state index contributed by atoms with van der Waals surface area (Å²) in [4.78, 5) is 9.01. The number of methoxy groups -OCH3 is 1. The number of aryl methyl sites for hydroxylation is 1. The molecule has 0 aliphatic heterocycles. The fourth-order valence-electron chi connectivity index (χ4n) is 2.69. The van der Waals surface area contributed by atoms with Crippen molar-refractivity contribution in [1.29, 1.82) is 0 Å². The summed E-state index contributed by atoms with van der Waals surface area (Å²) in [5.74, 6) is 1.90. The highest BCUT2D eigenvalue weighted by Crippen LogP contribution is 2.35. The van der Waals surface area contributed by atoms with E-state index in [-0.39, 0.29) is 12.4 Å². The second-order valence-corrected chi connectivity index (χ2v) is 5.80. The van der Waals surface area contributed by atoms with Gasteiger partial charge in [0.2, 0.25) is 0 Å². The minimum atomic E-state index is 0. The summed E-state index contributed by atoms with van der Waals surface area (Å²) in [6.07, 6.45) is 0. The monoisotopic (exact) mass is 374 g/mol. The van der Waals surface area contributed by atoms with E-state index in [0.717, 1.165) is 16.5 Å². The molecule has 0 radical (unpaired) electrons. The molecule has 2 heterocycles. The van der Waals surface area contributed by atoms with Crippen LogP contribution in [-0.2, 0) is 0 Å². The molecule has 0 saturated carbocycles. The molecule has 7 heteroatoms. The van der Waals surface area contributed by atoms with Gasteiger partial charge in [-0.25, -0.2) is 9.97 Å². The number of nitrogens with zero attached hydrogens (tertiary/aromatic N) is 2. The first-order valence-corrected chi connectivity index (χ1v) is 7.80. The number of benzene rings is 2. The number of nitrogens with one attached hydrogen (secondary N) is 1. The number of ether oxygens (including phenoxy) is 1. The zero-order valence-corrected chi connectivity index (χ0v) is 15.0. The molecule has 2 aromatic heterocycles. The summed E-state index contributed by atoms with van der Waals surface area (Å²) in [7, 11) is 1.61. The molecule has 4 aromatic rings. The van der Waals surface area contributed by atoms with E-state index in [1.54, 1.807) is 25.3 Å². The number of aromatic nitrogens is 2. The highest BCUT2D eigenvalue weighted by molar-refractivity contribution is 6.31. The molecule has 0 bridgehead atoms. The number of hydrogen-bond donors (Lipinski definition) is 1. The first kappa shape index (κ1) is 17.3. The summed E-state index contributed by atoms with van der Waals surface area (Å²) in [5.41, 5.74) is 2.86. The lowest BCUT2D eigenvalue weighted by atomic mass is 10.2. The van der Waals surface area contributed by atoms with Gasteiger partial charge < -0.3 is 26.9 Å². The fraction of sp³-hybridized carbons (Fsp3) is 0.111. The average Bonchev–Trinajstić information content (AvgIpc) is 2.94. The third-order valence-corrected chi connectivity index (χ3v) is 3.98. The van der Waals surface area contributed by atoms with Gasteiger partial charge in [0, 0.05) is 10.4 Å². The lowest BCUT2D eigenvalue weighted by molar-refractivity contribution is -0.00000560. The lowest BCUT2D eigenvalue weighted by Crippen LogP contribution is -3.00. The Hall–Kier alpha value is -2.50. The zero-order valence-electron chi connectivity index (χ0n) is 13.5. The van der Waals surface area contributed by atoms with Crippen molar-refractivity contribution in [3.63, 3.8) is 0 Å². The summed E-state index contributed by atoms with van der Waals surface area (Å²) < 4.78 is 11.3. The second-order valence-electron chi connectivity index (χ2n) is 5.36. The fourth-order valence-corrected chi connectivity index (χ4v) is 2.87. The molecule has 0 unspecified atom stereocenters. The minimum absolute atomic E-state index is 0. The van der Waals surface area contributed by atoms with Crippen LogP contribution in [0.15, 0.2) is 46.9 Å². The third kappa shape index (κ3) is 3.08. The Kier molecular flexibility index (Phi) is 4.70. The van der Waals surface area contributed by atoms with Crippen LogP contribution < -0.4 is 22.5 Å². The Morgan fingerprint density at radius 1 is 1.12 bits per heavy atom. The molecule has 4 rings (SSSR count). The minimum Gasteiger partial charge on any atom is -1.00 e. The van der Waals surface area contributed by atoms with Crippen LogP contribution in [0.25, 0.3) is 22.1 Å². The average molecular weight is 375 g/mol. The molecule has 0 spiro atoms. The van der Waals surface area contributed by atoms with Crippen molar-refractivity contribution in [3.05, 3.63) is 53.3 Å². The molecule has 0 atom stereocenters.